The lowest BCUT2D eigenvalue weighted by atomic mass is 9.88. The summed E-state index contributed by atoms with van der Waals surface area (Å²) < 4.78 is 0. The van der Waals surface area contributed by atoms with Crippen LogP contribution in [0.5, 0.6) is 0 Å². The molecule has 2 aliphatic rings. The molecule has 3 N–H and O–H groups in total. The molecule has 2 aliphatic heterocycles. The standard InChI is InChI=1S/C25H37N7O/c1-16(2)13-20-14-22(31-30-20)24(33)32-11-7-19(8-12-32)23-21(18-5-9-26-10-6-18)15-27-25(29-23)28-17(3)4/h5-6,9-10,15-17,19-20,22,30-31H,7-8,11-14H2,1-4H3,(H,27,28,29). The zero-order valence-corrected chi connectivity index (χ0v) is 20.2. The lowest BCUT2D eigenvalue weighted by molar-refractivity contribution is -0.134. The highest BCUT2D eigenvalue weighted by Crippen LogP contribution is 2.34. The molecule has 0 aromatic carbocycles. The number of nitrogens with one attached hydrogen (secondary N) is 3. The molecule has 8 heteroatoms. The van der Waals surface area contributed by atoms with Gasteiger partial charge < -0.3 is 10.2 Å². The maximum absolute atomic E-state index is 13.1. The summed E-state index contributed by atoms with van der Waals surface area (Å²) in [5, 5.41) is 3.33. The van der Waals surface area contributed by atoms with Gasteiger partial charge in [0.25, 0.3) is 0 Å². The van der Waals surface area contributed by atoms with E-state index in [2.05, 4.69) is 53.8 Å². The molecule has 1 amide bonds. The first-order valence-corrected chi connectivity index (χ1v) is 12.2. The molecular formula is C25H37N7O. The van der Waals surface area contributed by atoms with Crippen molar-refractivity contribution in [3.8, 4) is 11.1 Å². The molecule has 0 saturated carbocycles. The van der Waals surface area contributed by atoms with Crippen LogP contribution in [0.1, 0.15) is 65.0 Å². The highest BCUT2D eigenvalue weighted by Gasteiger charge is 2.34. The van der Waals surface area contributed by atoms with Crippen LogP contribution >= 0.6 is 0 Å². The Labute approximate surface area is 197 Å². The summed E-state index contributed by atoms with van der Waals surface area (Å²) in [6.45, 7) is 10.1. The fraction of sp³-hybridized carbons (Fsp3) is 0.600. The van der Waals surface area contributed by atoms with E-state index in [1.54, 1.807) is 12.4 Å². The van der Waals surface area contributed by atoms with Gasteiger partial charge in [-0.2, -0.15) is 0 Å². The van der Waals surface area contributed by atoms with Crippen molar-refractivity contribution in [3.05, 3.63) is 36.4 Å². The van der Waals surface area contributed by atoms with Gasteiger partial charge in [-0.3, -0.25) is 15.2 Å². The van der Waals surface area contributed by atoms with Gasteiger partial charge in [0.1, 0.15) is 6.04 Å². The minimum Gasteiger partial charge on any atom is -0.352 e. The predicted octanol–water partition coefficient (Wildman–Crippen LogP) is 3.35. The van der Waals surface area contributed by atoms with Crippen molar-refractivity contribution in [1.82, 2.24) is 30.7 Å². The van der Waals surface area contributed by atoms with Gasteiger partial charge in [0.2, 0.25) is 11.9 Å². The summed E-state index contributed by atoms with van der Waals surface area (Å²) in [7, 11) is 0. The predicted molar refractivity (Wildman–Crippen MR) is 130 cm³/mol. The highest BCUT2D eigenvalue weighted by atomic mass is 16.2. The minimum absolute atomic E-state index is 0.126. The van der Waals surface area contributed by atoms with Crippen LogP contribution in [0.25, 0.3) is 11.1 Å². The summed E-state index contributed by atoms with van der Waals surface area (Å²) in [5.41, 5.74) is 9.73. The van der Waals surface area contributed by atoms with Gasteiger partial charge in [0.05, 0.1) is 5.69 Å². The van der Waals surface area contributed by atoms with E-state index in [-0.39, 0.29) is 23.9 Å². The molecule has 2 atom stereocenters. The monoisotopic (exact) mass is 451 g/mol. The van der Waals surface area contributed by atoms with E-state index in [1.807, 2.05) is 23.2 Å². The van der Waals surface area contributed by atoms with Crippen molar-refractivity contribution in [2.75, 3.05) is 18.4 Å². The van der Waals surface area contributed by atoms with Crippen LogP contribution in [0.4, 0.5) is 5.95 Å². The molecular weight excluding hydrogens is 414 g/mol. The summed E-state index contributed by atoms with van der Waals surface area (Å²) in [6, 6.07) is 4.51. The summed E-state index contributed by atoms with van der Waals surface area (Å²) in [5.74, 6) is 1.78. The number of anilines is 1. The fourth-order valence-electron chi connectivity index (χ4n) is 4.89. The second-order valence-electron chi connectivity index (χ2n) is 10.0. The molecule has 2 fully saturated rings. The van der Waals surface area contributed by atoms with E-state index < -0.39 is 0 Å². The first-order chi connectivity index (χ1) is 15.9. The second kappa shape index (κ2) is 10.6. The van der Waals surface area contributed by atoms with E-state index in [9.17, 15) is 4.79 Å². The van der Waals surface area contributed by atoms with Crippen molar-refractivity contribution in [2.45, 2.75) is 77.4 Å². The van der Waals surface area contributed by atoms with E-state index in [0.29, 0.717) is 17.9 Å². The Bertz CT molecular complexity index is 926. The number of carbonyl (C=O) groups excluding carboxylic acids is 1. The lowest BCUT2D eigenvalue weighted by Gasteiger charge is -2.34. The number of nitrogens with zero attached hydrogens (tertiary/aromatic N) is 4. The second-order valence-corrected chi connectivity index (χ2v) is 10.0. The Balaban J connectivity index is 1.45. The van der Waals surface area contributed by atoms with Crippen LogP contribution in [-0.4, -0.2) is 57.0 Å². The summed E-state index contributed by atoms with van der Waals surface area (Å²) >= 11 is 0. The van der Waals surface area contributed by atoms with Crippen LogP contribution in [0.2, 0.25) is 0 Å². The summed E-state index contributed by atoms with van der Waals surface area (Å²) in [4.78, 5) is 28.8. The molecule has 2 unspecified atom stereocenters. The van der Waals surface area contributed by atoms with E-state index in [1.165, 1.54) is 0 Å². The Kier molecular flexibility index (Phi) is 7.55. The van der Waals surface area contributed by atoms with Gasteiger partial charge >= 0.3 is 0 Å². The number of carbonyl (C=O) groups is 1. The van der Waals surface area contributed by atoms with Crippen LogP contribution in [0, 0.1) is 5.92 Å². The summed E-state index contributed by atoms with van der Waals surface area (Å²) in [6.07, 6.45) is 9.26. The number of rotatable bonds is 7. The first-order valence-electron chi connectivity index (χ1n) is 12.2. The largest absolute Gasteiger partial charge is 0.352 e. The lowest BCUT2D eigenvalue weighted by Crippen LogP contribution is -2.48. The molecule has 4 rings (SSSR count). The van der Waals surface area contributed by atoms with Crippen molar-refractivity contribution in [1.29, 1.82) is 0 Å². The maximum atomic E-state index is 13.1. The smallest absolute Gasteiger partial charge is 0.241 e. The number of hydrogen-bond acceptors (Lipinski definition) is 7. The Morgan fingerprint density at radius 2 is 1.88 bits per heavy atom. The molecule has 4 heterocycles. The van der Waals surface area contributed by atoms with E-state index >= 15 is 0 Å². The van der Waals surface area contributed by atoms with Crippen molar-refractivity contribution >= 4 is 11.9 Å². The van der Waals surface area contributed by atoms with Gasteiger partial charge in [-0.15, -0.1) is 0 Å². The van der Waals surface area contributed by atoms with Crippen molar-refractivity contribution in [3.63, 3.8) is 0 Å². The van der Waals surface area contributed by atoms with Gasteiger partial charge in [0, 0.05) is 55.2 Å². The van der Waals surface area contributed by atoms with Crippen LogP contribution < -0.4 is 16.2 Å². The first kappa shape index (κ1) is 23.6. The van der Waals surface area contributed by atoms with Gasteiger partial charge in [-0.1, -0.05) is 13.8 Å². The van der Waals surface area contributed by atoms with Crippen LogP contribution in [0.15, 0.2) is 30.7 Å². The highest BCUT2D eigenvalue weighted by molar-refractivity contribution is 5.82. The van der Waals surface area contributed by atoms with Crippen LogP contribution in [0.3, 0.4) is 0 Å². The number of pyridine rings is 1. The van der Waals surface area contributed by atoms with Gasteiger partial charge in [-0.25, -0.2) is 15.4 Å². The van der Waals surface area contributed by atoms with E-state index in [4.69, 9.17) is 4.98 Å². The molecule has 2 aromatic rings. The zero-order chi connectivity index (χ0) is 23.4. The topological polar surface area (TPSA) is 95.1 Å². The number of aromatic nitrogens is 3. The number of amides is 1. The quantitative estimate of drug-likeness (QED) is 0.594. The van der Waals surface area contributed by atoms with Gasteiger partial charge in [-0.05, 0) is 63.1 Å². The molecule has 8 nitrogen and oxygen atoms in total. The average molecular weight is 452 g/mol. The van der Waals surface area contributed by atoms with Crippen LogP contribution in [-0.2, 0) is 4.79 Å². The number of hydrazine groups is 1. The fourth-order valence-corrected chi connectivity index (χ4v) is 4.89. The minimum atomic E-state index is -0.126. The molecule has 2 aromatic heterocycles. The molecule has 2 saturated heterocycles. The Morgan fingerprint density at radius 3 is 2.55 bits per heavy atom. The van der Waals surface area contributed by atoms with Gasteiger partial charge in [0.15, 0.2) is 0 Å². The van der Waals surface area contributed by atoms with Crippen molar-refractivity contribution in [2.24, 2.45) is 5.92 Å². The normalized spacial score (nSPS) is 21.7. The van der Waals surface area contributed by atoms with E-state index in [0.717, 1.165) is 55.6 Å². The molecule has 0 bridgehead atoms. The number of likely N-dealkylation sites (tertiary alicyclic amines) is 1. The number of hydrogen-bond donors (Lipinski definition) is 3. The SMILES string of the molecule is CC(C)CC1CC(C(=O)N2CCC(c3nc(NC(C)C)ncc3-c3ccncc3)CC2)NN1. The zero-order valence-electron chi connectivity index (χ0n) is 20.2. The third-order valence-electron chi connectivity index (χ3n) is 6.46. The average Bonchev–Trinajstić information content (AvgIpc) is 3.26. The van der Waals surface area contributed by atoms with Crippen molar-refractivity contribution < 1.29 is 4.79 Å². The molecule has 0 spiro atoms. The molecule has 33 heavy (non-hydrogen) atoms. The maximum Gasteiger partial charge on any atom is 0.241 e. The molecule has 0 aliphatic carbocycles. The number of piperidine rings is 1. The molecule has 178 valence electrons. The Morgan fingerprint density at radius 1 is 1.15 bits per heavy atom. The molecule has 0 radical (unpaired) electrons. The Hall–Kier alpha value is -2.58. The third kappa shape index (κ3) is 5.86. The third-order valence-corrected chi connectivity index (χ3v) is 6.46.